The summed E-state index contributed by atoms with van der Waals surface area (Å²) in [6.45, 7) is 2.79. The molecule has 7 nitrogen and oxygen atoms in total. The molecule has 2 heterocycles. The monoisotopic (exact) mass is 416 g/mol. The maximum absolute atomic E-state index is 12.8. The molecule has 0 aliphatic rings. The molecule has 0 saturated carbocycles. The van der Waals surface area contributed by atoms with Crippen molar-refractivity contribution in [2.24, 2.45) is 0 Å². The van der Waals surface area contributed by atoms with Gasteiger partial charge in [-0.25, -0.2) is 9.97 Å². The molecule has 1 amide bonds. The van der Waals surface area contributed by atoms with E-state index in [1.165, 1.54) is 0 Å². The van der Waals surface area contributed by atoms with Crippen LogP contribution in [0.4, 0.5) is 5.69 Å². The van der Waals surface area contributed by atoms with Gasteiger partial charge in [-0.2, -0.15) is 0 Å². The SMILES string of the molecule is CCCCOc1ccc(C(=O)Nc2cc(-c3cn4cccnc4n3)ccc2OC)cc1. The summed E-state index contributed by atoms with van der Waals surface area (Å²) < 4.78 is 12.9. The van der Waals surface area contributed by atoms with Gasteiger partial charge in [0.1, 0.15) is 11.5 Å². The number of ether oxygens (including phenoxy) is 2. The summed E-state index contributed by atoms with van der Waals surface area (Å²) in [4.78, 5) is 21.6. The third kappa shape index (κ3) is 4.66. The minimum Gasteiger partial charge on any atom is -0.495 e. The Labute approximate surface area is 180 Å². The molecule has 2 aromatic heterocycles. The van der Waals surface area contributed by atoms with E-state index in [0.29, 0.717) is 29.4 Å². The van der Waals surface area contributed by atoms with E-state index in [9.17, 15) is 4.79 Å². The van der Waals surface area contributed by atoms with Gasteiger partial charge in [-0.3, -0.25) is 9.20 Å². The van der Waals surface area contributed by atoms with E-state index in [1.807, 2.05) is 53.2 Å². The van der Waals surface area contributed by atoms with Gasteiger partial charge in [-0.05, 0) is 55.0 Å². The van der Waals surface area contributed by atoms with Crippen LogP contribution in [-0.2, 0) is 0 Å². The fourth-order valence-corrected chi connectivity index (χ4v) is 3.17. The van der Waals surface area contributed by atoms with E-state index in [4.69, 9.17) is 9.47 Å². The van der Waals surface area contributed by atoms with Crippen molar-refractivity contribution in [3.63, 3.8) is 0 Å². The average molecular weight is 416 g/mol. The van der Waals surface area contributed by atoms with Gasteiger partial charge in [0.05, 0.1) is 25.1 Å². The number of carbonyl (C=O) groups is 1. The number of carbonyl (C=O) groups excluding carboxylic acids is 1. The minimum absolute atomic E-state index is 0.229. The van der Waals surface area contributed by atoms with Crippen molar-refractivity contribution < 1.29 is 14.3 Å². The van der Waals surface area contributed by atoms with Crippen molar-refractivity contribution >= 4 is 17.4 Å². The van der Waals surface area contributed by atoms with E-state index in [-0.39, 0.29) is 5.91 Å². The Morgan fingerprint density at radius 2 is 2.00 bits per heavy atom. The molecule has 0 unspecified atom stereocenters. The molecule has 0 atom stereocenters. The van der Waals surface area contributed by atoms with Crippen LogP contribution in [0.3, 0.4) is 0 Å². The zero-order valence-corrected chi connectivity index (χ0v) is 17.5. The maximum atomic E-state index is 12.8. The molecule has 0 aliphatic heterocycles. The van der Waals surface area contributed by atoms with Crippen LogP contribution in [0.2, 0.25) is 0 Å². The second-order valence-electron chi connectivity index (χ2n) is 7.05. The molecule has 158 valence electrons. The van der Waals surface area contributed by atoms with Crippen LogP contribution in [0.5, 0.6) is 11.5 Å². The summed E-state index contributed by atoms with van der Waals surface area (Å²) in [5.74, 6) is 1.70. The third-order valence-corrected chi connectivity index (χ3v) is 4.86. The van der Waals surface area contributed by atoms with Gasteiger partial charge in [0.2, 0.25) is 5.78 Å². The summed E-state index contributed by atoms with van der Waals surface area (Å²) in [6, 6.07) is 14.5. The molecule has 0 bridgehead atoms. The Bertz CT molecular complexity index is 1150. The fourth-order valence-electron chi connectivity index (χ4n) is 3.17. The number of fused-ring (bicyclic) bond motifs is 1. The number of amides is 1. The lowest BCUT2D eigenvalue weighted by Gasteiger charge is -2.12. The predicted octanol–water partition coefficient (Wildman–Crippen LogP) is 4.84. The highest BCUT2D eigenvalue weighted by Crippen LogP contribution is 2.31. The van der Waals surface area contributed by atoms with Gasteiger partial charge in [0, 0.05) is 29.7 Å². The average Bonchev–Trinajstić information content (AvgIpc) is 3.24. The summed E-state index contributed by atoms with van der Waals surface area (Å²) in [6.07, 6.45) is 7.56. The van der Waals surface area contributed by atoms with Crippen LogP contribution in [-0.4, -0.2) is 34.0 Å². The van der Waals surface area contributed by atoms with Crippen molar-refractivity contribution in [1.82, 2.24) is 14.4 Å². The topological polar surface area (TPSA) is 77.8 Å². The Morgan fingerprint density at radius 1 is 1.16 bits per heavy atom. The van der Waals surface area contributed by atoms with Crippen molar-refractivity contribution in [1.29, 1.82) is 0 Å². The van der Waals surface area contributed by atoms with Gasteiger partial charge in [0.15, 0.2) is 0 Å². The second kappa shape index (κ2) is 9.30. The molecule has 31 heavy (non-hydrogen) atoms. The lowest BCUT2D eigenvalue weighted by molar-refractivity contribution is 0.102. The van der Waals surface area contributed by atoms with Crippen LogP contribution in [0.25, 0.3) is 17.0 Å². The number of benzene rings is 2. The molecule has 1 N–H and O–H groups in total. The summed E-state index contributed by atoms with van der Waals surface area (Å²) in [5, 5.41) is 2.94. The number of nitrogens with one attached hydrogen (secondary N) is 1. The van der Waals surface area contributed by atoms with Gasteiger partial charge >= 0.3 is 0 Å². The molecule has 0 spiro atoms. The lowest BCUT2D eigenvalue weighted by Crippen LogP contribution is -2.12. The first-order chi connectivity index (χ1) is 15.2. The quantitative estimate of drug-likeness (QED) is 0.416. The summed E-state index contributed by atoms with van der Waals surface area (Å²) >= 11 is 0. The highest BCUT2D eigenvalue weighted by Gasteiger charge is 2.13. The number of hydrogen-bond acceptors (Lipinski definition) is 5. The van der Waals surface area contributed by atoms with Crippen molar-refractivity contribution in [3.8, 4) is 22.8 Å². The minimum atomic E-state index is -0.229. The zero-order chi connectivity index (χ0) is 21.6. The van der Waals surface area contributed by atoms with Crippen LogP contribution in [0.15, 0.2) is 67.1 Å². The first-order valence-electron chi connectivity index (χ1n) is 10.2. The fraction of sp³-hybridized carbons (Fsp3) is 0.208. The Morgan fingerprint density at radius 3 is 2.74 bits per heavy atom. The van der Waals surface area contributed by atoms with Crippen molar-refractivity contribution in [2.45, 2.75) is 19.8 Å². The zero-order valence-electron chi connectivity index (χ0n) is 17.5. The summed E-state index contributed by atoms with van der Waals surface area (Å²) in [7, 11) is 1.57. The van der Waals surface area contributed by atoms with E-state index in [2.05, 4.69) is 22.2 Å². The van der Waals surface area contributed by atoms with Gasteiger partial charge in [-0.15, -0.1) is 0 Å². The number of nitrogens with zero attached hydrogens (tertiary/aromatic N) is 3. The van der Waals surface area contributed by atoms with Crippen LogP contribution in [0, 0.1) is 0 Å². The number of imidazole rings is 1. The van der Waals surface area contributed by atoms with Gasteiger partial charge < -0.3 is 14.8 Å². The Kier molecular flexibility index (Phi) is 6.12. The van der Waals surface area contributed by atoms with E-state index < -0.39 is 0 Å². The number of methoxy groups -OCH3 is 1. The molecular formula is C24H24N4O3. The van der Waals surface area contributed by atoms with Crippen LogP contribution >= 0.6 is 0 Å². The highest BCUT2D eigenvalue weighted by molar-refractivity contribution is 6.05. The molecule has 0 aliphatic carbocycles. The molecule has 4 rings (SSSR count). The maximum Gasteiger partial charge on any atom is 0.255 e. The lowest BCUT2D eigenvalue weighted by atomic mass is 10.1. The number of unbranched alkanes of at least 4 members (excludes halogenated alkanes) is 1. The van der Waals surface area contributed by atoms with Crippen molar-refractivity contribution in [2.75, 3.05) is 19.0 Å². The third-order valence-electron chi connectivity index (χ3n) is 4.86. The van der Waals surface area contributed by atoms with Crippen molar-refractivity contribution in [3.05, 3.63) is 72.7 Å². The largest absolute Gasteiger partial charge is 0.495 e. The van der Waals surface area contributed by atoms with Crippen LogP contribution < -0.4 is 14.8 Å². The first kappa shape index (κ1) is 20.4. The van der Waals surface area contributed by atoms with E-state index >= 15 is 0 Å². The number of hydrogen-bond donors (Lipinski definition) is 1. The number of rotatable bonds is 8. The van der Waals surface area contributed by atoms with Crippen LogP contribution in [0.1, 0.15) is 30.1 Å². The molecule has 0 radical (unpaired) electrons. The first-order valence-corrected chi connectivity index (χ1v) is 10.2. The molecule has 0 saturated heterocycles. The van der Waals surface area contributed by atoms with Gasteiger partial charge in [0.25, 0.3) is 5.91 Å². The standard InChI is InChI=1S/C24H24N4O3/c1-3-4-14-31-19-9-6-17(7-10-19)23(29)26-20-15-18(8-11-22(20)30-2)21-16-28-13-5-12-25-24(28)27-21/h5-13,15-16H,3-4,14H2,1-2H3,(H,26,29). The normalized spacial score (nSPS) is 10.8. The predicted molar refractivity (Wildman–Crippen MR) is 120 cm³/mol. The highest BCUT2D eigenvalue weighted by atomic mass is 16.5. The van der Waals surface area contributed by atoms with E-state index in [1.54, 1.807) is 25.4 Å². The van der Waals surface area contributed by atoms with Gasteiger partial charge in [-0.1, -0.05) is 13.3 Å². The molecule has 0 fully saturated rings. The smallest absolute Gasteiger partial charge is 0.255 e. The Hall–Kier alpha value is -3.87. The van der Waals surface area contributed by atoms with E-state index in [0.717, 1.165) is 29.8 Å². The second-order valence-corrected chi connectivity index (χ2v) is 7.05. The number of aromatic nitrogens is 3. The molecular weight excluding hydrogens is 392 g/mol. The Balaban J connectivity index is 1.54. The molecule has 7 heteroatoms. The molecule has 2 aromatic carbocycles. The number of anilines is 1. The molecule has 4 aromatic rings. The summed E-state index contributed by atoms with van der Waals surface area (Å²) in [5.41, 5.74) is 2.71.